The second kappa shape index (κ2) is 4.06. The minimum atomic E-state index is -0.354. The van der Waals surface area contributed by atoms with Gasteiger partial charge in [0, 0.05) is 17.5 Å². The Balaban J connectivity index is 2.16. The molecule has 0 heterocycles. The molecule has 0 aliphatic heterocycles. The average molecular weight is 240 g/mol. The van der Waals surface area contributed by atoms with E-state index in [9.17, 15) is 10.1 Å². The summed E-state index contributed by atoms with van der Waals surface area (Å²) in [6.45, 7) is 2.01. The number of halogens is 1. The molecule has 1 aliphatic rings. The summed E-state index contributed by atoms with van der Waals surface area (Å²) < 4.78 is 0. The van der Waals surface area contributed by atoms with Gasteiger partial charge in [0.2, 0.25) is 0 Å². The van der Waals surface area contributed by atoms with Crippen LogP contribution >= 0.6 is 11.6 Å². The SMILES string of the molecule is CC(Cl)C1(Cc2cccc([N+](=O)[O-])c2)CC1. The first-order valence-electron chi connectivity index (χ1n) is 5.41. The van der Waals surface area contributed by atoms with E-state index in [0.717, 1.165) is 24.8 Å². The molecule has 86 valence electrons. The second-order valence-electron chi connectivity index (χ2n) is 4.58. The highest BCUT2D eigenvalue weighted by Crippen LogP contribution is 2.53. The lowest BCUT2D eigenvalue weighted by atomic mass is 9.93. The number of non-ortho nitro benzene ring substituents is 1. The lowest BCUT2D eigenvalue weighted by Gasteiger charge is -2.17. The van der Waals surface area contributed by atoms with Crippen LogP contribution in [0.15, 0.2) is 24.3 Å². The van der Waals surface area contributed by atoms with Crippen molar-refractivity contribution in [1.82, 2.24) is 0 Å². The molecular weight excluding hydrogens is 226 g/mol. The van der Waals surface area contributed by atoms with Gasteiger partial charge in [0.25, 0.3) is 5.69 Å². The van der Waals surface area contributed by atoms with Crippen molar-refractivity contribution in [2.24, 2.45) is 5.41 Å². The smallest absolute Gasteiger partial charge is 0.258 e. The Kier molecular flexibility index (Phi) is 2.89. The van der Waals surface area contributed by atoms with Gasteiger partial charge in [-0.3, -0.25) is 10.1 Å². The summed E-state index contributed by atoms with van der Waals surface area (Å²) in [7, 11) is 0. The Morgan fingerprint density at radius 2 is 2.25 bits per heavy atom. The van der Waals surface area contributed by atoms with Crippen molar-refractivity contribution in [2.75, 3.05) is 0 Å². The monoisotopic (exact) mass is 239 g/mol. The van der Waals surface area contributed by atoms with E-state index < -0.39 is 0 Å². The molecule has 1 atom stereocenters. The van der Waals surface area contributed by atoms with Gasteiger partial charge >= 0.3 is 0 Å². The van der Waals surface area contributed by atoms with Gasteiger partial charge in [-0.1, -0.05) is 12.1 Å². The van der Waals surface area contributed by atoms with Gasteiger partial charge in [0.1, 0.15) is 0 Å². The highest BCUT2D eigenvalue weighted by molar-refractivity contribution is 6.21. The number of nitrogens with zero attached hydrogens (tertiary/aromatic N) is 1. The second-order valence-corrected chi connectivity index (χ2v) is 5.24. The van der Waals surface area contributed by atoms with Crippen LogP contribution in [0.2, 0.25) is 0 Å². The van der Waals surface area contributed by atoms with Crippen LogP contribution < -0.4 is 0 Å². The van der Waals surface area contributed by atoms with Crippen LogP contribution in [0.4, 0.5) is 5.69 Å². The van der Waals surface area contributed by atoms with E-state index in [1.165, 1.54) is 6.07 Å². The van der Waals surface area contributed by atoms with Gasteiger partial charge in [0.15, 0.2) is 0 Å². The average Bonchev–Trinajstić information content (AvgIpc) is 2.99. The molecule has 0 radical (unpaired) electrons. The molecule has 0 aromatic heterocycles. The molecule has 0 saturated heterocycles. The van der Waals surface area contributed by atoms with Crippen molar-refractivity contribution in [2.45, 2.75) is 31.6 Å². The topological polar surface area (TPSA) is 43.1 Å². The fourth-order valence-electron chi connectivity index (χ4n) is 2.06. The van der Waals surface area contributed by atoms with Crippen LogP contribution in [0.3, 0.4) is 0 Å². The Morgan fingerprint density at radius 1 is 1.56 bits per heavy atom. The summed E-state index contributed by atoms with van der Waals surface area (Å²) in [5.41, 5.74) is 1.35. The minimum Gasteiger partial charge on any atom is -0.258 e. The van der Waals surface area contributed by atoms with E-state index in [4.69, 9.17) is 11.6 Å². The Labute approximate surface area is 99.6 Å². The largest absolute Gasteiger partial charge is 0.269 e. The molecule has 1 aromatic carbocycles. The third-order valence-corrected chi connectivity index (χ3v) is 3.88. The summed E-state index contributed by atoms with van der Waals surface area (Å²) >= 11 is 6.15. The van der Waals surface area contributed by atoms with E-state index >= 15 is 0 Å². The van der Waals surface area contributed by atoms with E-state index in [0.29, 0.717) is 0 Å². The van der Waals surface area contributed by atoms with E-state index in [2.05, 4.69) is 0 Å². The van der Waals surface area contributed by atoms with Crippen molar-refractivity contribution in [3.05, 3.63) is 39.9 Å². The molecular formula is C12H14ClNO2. The predicted molar refractivity (Wildman–Crippen MR) is 63.8 cm³/mol. The maximum absolute atomic E-state index is 10.6. The van der Waals surface area contributed by atoms with Crippen molar-refractivity contribution >= 4 is 17.3 Å². The number of alkyl halides is 1. The van der Waals surface area contributed by atoms with Gasteiger partial charge in [-0.2, -0.15) is 0 Å². The van der Waals surface area contributed by atoms with Crippen molar-refractivity contribution < 1.29 is 4.92 Å². The van der Waals surface area contributed by atoms with Crippen molar-refractivity contribution in [3.8, 4) is 0 Å². The van der Waals surface area contributed by atoms with Crippen molar-refractivity contribution in [3.63, 3.8) is 0 Å². The fraction of sp³-hybridized carbons (Fsp3) is 0.500. The summed E-state index contributed by atoms with van der Waals surface area (Å²) in [5.74, 6) is 0. The number of nitro groups is 1. The highest BCUT2D eigenvalue weighted by Gasteiger charge is 2.46. The van der Waals surface area contributed by atoms with Gasteiger partial charge in [-0.15, -0.1) is 11.6 Å². The summed E-state index contributed by atoms with van der Waals surface area (Å²) in [6.07, 6.45) is 3.10. The molecule has 3 nitrogen and oxygen atoms in total. The summed E-state index contributed by atoms with van der Waals surface area (Å²) in [6, 6.07) is 6.85. The number of hydrogen-bond donors (Lipinski definition) is 0. The Hall–Kier alpha value is -1.09. The zero-order chi connectivity index (χ0) is 11.8. The molecule has 1 aliphatic carbocycles. The van der Waals surface area contributed by atoms with Crippen LogP contribution in [0.5, 0.6) is 0 Å². The number of nitro benzene ring substituents is 1. The normalized spacial score (nSPS) is 19.1. The molecule has 1 saturated carbocycles. The fourth-order valence-corrected chi connectivity index (χ4v) is 2.36. The van der Waals surface area contributed by atoms with Gasteiger partial charge in [-0.05, 0) is 37.2 Å². The van der Waals surface area contributed by atoms with Crippen LogP contribution in [0.1, 0.15) is 25.3 Å². The Bertz CT molecular complexity index is 413. The number of benzene rings is 1. The lowest BCUT2D eigenvalue weighted by Crippen LogP contribution is -2.15. The molecule has 1 aromatic rings. The molecule has 0 bridgehead atoms. The first kappa shape index (κ1) is 11.4. The molecule has 16 heavy (non-hydrogen) atoms. The van der Waals surface area contributed by atoms with Gasteiger partial charge in [0.05, 0.1) is 4.92 Å². The number of hydrogen-bond acceptors (Lipinski definition) is 2. The zero-order valence-corrected chi connectivity index (χ0v) is 9.91. The highest BCUT2D eigenvalue weighted by atomic mass is 35.5. The molecule has 0 amide bonds. The number of rotatable bonds is 4. The third kappa shape index (κ3) is 2.19. The van der Waals surface area contributed by atoms with Gasteiger partial charge in [-0.25, -0.2) is 0 Å². The van der Waals surface area contributed by atoms with E-state index in [1.807, 2.05) is 13.0 Å². The molecule has 1 unspecified atom stereocenters. The quantitative estimate of drug-likeness (QED) is 0.458. The zero-order valence-electron chi connectivity index (χ0n) is 9.15. The Morgan fingerprint density at radius 3 is 2.75 bits per heavy atom. The first-order valence-corrected chi connectivity index (χ1v) is 5.85. The standard InChI is InChI=1S/C12H14ClNO2/c1-9(13)12(5-6-12)8-10-3-2-4-11(7-10)14(15)16/h2-4,7,9H,5-6,8H2,1H3. The predicted octanol–water partition coefficient (Wildman–Crippen LogP) is 3.54. The maximum Gasteiger partial charge on any atom is 0.269 e. The summed E-state index contributed by atoms with van der Waals surface area (Å²) in [5, 5.41) is 10.8. The first-order chi connectivity index (χ1) is 7.53. The third-order valence-electron chi connectivity index (χ3n) is 3.41. The van der Waals surface area contributed by atoms with Crippen LogP contribution in [-0.4, -0.2) is 10.3 Å². The molecule has 0 N–H and O–H groups in total. The molecule has 2 rings (SSSR count). The molecule has 1 fully saturated rings. The van der Waals surface area contributed by atoms with Crippen LogP contribution in [-0.2, 0) is 6.42 Å². The van der Waals surface area contributed by atoms with Crippen LogP contribution in [0.25, 0.3) is 0 Å². The molecule has 4 heteroatoms. The molecule has 0 spiro atoms. The minimum absolute atomic E-state index is 0.131. The van der Waals surface area contributed by atoms with Crippen molar-refractivity contribution in [1.29, 1.82) is 0 Å². The van der Waals surface area contributed by atoms with Gasteiger partial charge < -0.3 is 0 Å². The van der Waals surface area contributed by atoms with E-state index in [-0.39, 0.29) is 21.4 Å². The lowest BCUT2D eigenvalue weighted by molar-refractivity contribution is -0.384. The van der Waals surface area contributed by atoms with Crippen LogP contribution in [0, 0.1) is 15.5 Å². The van der Waals surface area contributed by atoms with E-state index in [1.54, 1.807) is 12.1 Å². The summed E-state index contributed by atoms with van der Waals surface area (Å²) in [4.78, 5) is 10.3. The maximum atomic E-state index is 10.6.